The fourth-order valence-electron chi connectivity index (χ4n) is 5.21. The number of rotatable bonds is 11. The van der Waals surface area contributed by atoms with Gasteiger partial charge in [-0.3, -0.25) is 0 Å². The summed E-state index contributed by atoms with van der Waals surface area (Å²) in [4.78, 5) is 0. The Morgan fingerprint density at radius 2 is 1.83 bits per heavy atom. The van der Waals surface area contributed by atoms with Crippen molar-refractivity contribution in [3.8, 4) is 24.7 Å². The summed E-state index contributed by atoms with van der Waals surface area (Å²) in [7, 11) is 0. The highest BCUT2D eigenvalue weighted by Gasteiger charge is 2.29. The molecule has 1 aromatic heterocycles. The van der Waals surface area contributed by atoms with E-state index < -0.39 is 0 Å². The topological polar surface area (TPSA) is 64.2 Å². The maximum atomic E-state index is 6.46. The van der Waals surface area contributed by atoms with Crippen molar-refractivity contribution in [1.82, 2.24) is 15.2 Å². The molecule has 1 fully saturated rings. The molecule has 1 aromatic carbocycles. The van der Waals surface area contributed by atoms with Gasteiger partial charge in [-0.15, -0.1) is 24.7 Å². The number of allylic oxidation sites excluding steroid dienone is 4. The van der Waals surface area contributed by atoms with E-state index in [1.807, 2.05) is 50.4 Å². The van der Waals surface area contributed by atoms with Crippen molar-refractivity contribution < 1.29 is 4.74 Å². The lowest BCUT2D eigenvalue weighted by Crippen LogP contribution is -2.24. The van der Waals surface area contributed by atoms with Crippen LogP contribution < -0.4 is 16.4 Å². The molecule has 0 aliphatic carbocycles. The number of nitrogens with two attached hydrogens (primary N) is 1. The predicted octanol–water partition coefficient (Wildman–Crippen LogP) is 10.3. The molecule has 3 unspecified atom stereocenters. The Bertz CT molecular complexity index is 1300. The number of benzene rings is 1. The van der Waals surface area contributed by atoms with Crippen LogP contribution in [0.3, 0.4) is 0 Å². The second-order valence-corrected chi connectivity index (χ2v) is 11.9. The van der Waals surface area contributed by atoms with Crippen LogP contribution in [-0.4, -0.2) is 23.8 Å². The summed E-state index contributed by atoms with van der Waals surface area (Å²) >= 11 is 0. The van der Waals surface area contributed by atoms with Crippen LogP contribution in [0, 0.1) is 24.7 Å². The Hall–Kier alpha value is -3.90. The number of terminal acetylenes is 1. The molecule has 3 atom stereocenters. The molecule has 0 saturated carbocycles. The number of aromatic nitrogens is 1. The van der Waals surface area contributed by atoms with Gasteiger partial charge in [0.25, 0.3) is 0 Å². The quantitative estimate of drug-likeness (QED) is 0.167. The second kappa shape index (κ2) is 28.1. The summed E-state index contributed by atoms with van der Waals surface area (Å²) in [5.41, 5.74) is 12.6. The SMILES string of the molecule is C#C.C/C=C(/C)C(C)c1c(CNCC2=CC=CNC2)ccn1C1CCC(CCCC)O1.C=C(N)c1ccccc1.CC#CCC.CCC. The molecule has 5 heteroatoms. The lowest BCUT2D eigenvalue weighted by atomic mass is 9.95. The zero-order chi connectivity index (χ0) is 36.2. The van der Waals surface area contributed by atoms with Gasteiger partial charge in [0.2, 0.25) is 0 Å². The van der Waals surface area contributed by atoms with Crippen molar-refractivity contribution in [2.45, 2.75) is 125 Å². The number of hydrogen-bond acceptors (Lipinski definition) is 4. The largest absolute Gasteiger partial charge is 0.399 e. The first kappa shape index (κ1) is 44.1. The molecule has 0 radical (unpaired) electrons. The van der Waals surface area contributed by atoms with Crippen molar-refractivity contribution in [1.29, 1.82) is 0 Å². The first-order chi connectivity index (χ1) is 23.3. The molecular formula is C43H66N4O. The van der Waals surface area contributed by atoms with Crippen molar-refractivity contribution in [3.63, 3.8) is 0 Å². The van der Waals surface area contributed by atoms with E-state index in [1.165, 1.54) is 54.5 Å². The fraction of sp³-hybridized carbons (Fsp3) is 0.488. The van der Waals surface area contributed by atoms with E-state index in [2.05, 4.69) is 119 Å². The minimum Gasteiger partial charge on any atom is -0.399 e. The summed E-state index contributed by atoms with van der Waals surface area (Å²) in [6, 6.07) is 12.0. The fourth-order valence-corrected chi connectivity index (χ4v) is 5.21. The lowest BCUT2D eigenvalue weighted by molar-refractivity contribution is -0.00365. The molecule has 1 saturated heterocycles. The normalized spacial score (nSPS) is 16.6. The van der Waals surface area contributed by atoms with Crippen LogP contribution >= 0.6 is 0 Å². The molecule has 264 valence electrons. The van der Waals surface area contributed by atoms with Gasteiger partial charge in [0.1, 0.15) is 6.23 Å². The maximum Gasteiger partial charge on any atom is 0.134 e. The van der Waals surface area contributed by atoms with Crippen molar-refractivity contribution >= 4 is 5.70 Å². The van der Waals surface area contributed by atoms with Gasteiger partial charge >= 0.3 is 0 Å². The van der Waals surface area contributed by atoms with Crippen LogP contribution in [0.2, 0.25) is 0 Å². The zero-order valence-corrected chi connectivity index (χ0v) is 31.4. The van der Waals surface area contributed by atoms with E-state index in [1.54, 1.807) is 0 Å². The molecule has 4 N–H and O–H groups in total. The standard InChI is InChI=1S/C25H39N3O.C8H9N.C5H8.C3H8.C2H2/c1-5-7-10-23-11-12-24(29-23)28-15-13-22(25(28)20(4)19(3)6-2)18-27-17-21-9-8-14-26-16-21;1-7(9)8-5-3-2-4-6-8;1-3-5-4-2;1-3-2;1-2/h6,8-9,13-15,20,23-24,26-27H,5,7,10-12,16-18H2,1-4H3;2-6H,1,9H2;3H2,1-2H3;3H2,1-2H3;1-2H/b19-6-;;;;. The lowest BCUT2D eigenvalue weighted by Gasteiger charge is -2.23. The molecule has 0 spiro atoms. The summed E-state index contributed by atoms with van der Waals surface area (Å²) in [5, 5.41) is 6.93. The number of unbranched alkanes of at least 4 members (excludes halogenated alkanes) is 1. The van der Waals surface area contributed by atoms with Crippen LogP contribution in [0.1, 0.15) is 129 Å². The monoisotopic (exact) mass is 655 g/mol. The second-order valence-electron chi connectivity index (χ2n) is 11.9. The smallest absolute Gasteiger partial charge is 0.134 e. The Labute approximate surface area is 295 Å². The van der Waals surface area contributed by atoms with Gasteiger partial charge in [0, 0.05) is 49.6 Å². The molecule has 0 bridgehead atoms. The minimum absolute atomic E-state index is 0.183. The third kappa shape index (κ3) is 17.3. The third-order valence-corrected chi connectivity index (χ3v) is 7.91. The zero-order valence-electron chi connectivity index (χ0n) is 31.4. The van der Waals surface area contributed by atoms with Gasteiger partial charge in [-0.1, -0.05) is 109 Å². The molecule has 5 nitrogen and oxygen atoms in total. The van der Waals surface area contributed by atoms with E-state index in [0.717, 1.165) is 38.0 Å². The molecule has 3 heterocycles. The van der Waals surface area contributed by atoms with E-state index >= 15 is 0 Å². The van der Waals surface area contributed by atoms with Crippen molar-refractivity contribution in [3.05, 3.63) is 102 Å². The molecule has 0 amide bonds. The molecule has 2 aliphatic rings. The first-order valence-corrected chi connectivity index (χ1v) is 17.8. The highest BCUT2D eigenvalue weighted by molar-refractivity contribution is 5.59. The average Bonchev–Trinajstić information content (AvgIpc) is 3.77. The van der Waals surface area contributed by atoms with E-state index in [4.69, 9.17) is 10.5 Å². The van der Waals surface area contributed by atoms with E-state index in [9.17, 15) is 0 Å². The summed E-state index contributed by atoms with van der Waals surface area (Å²) in [5.74, 6) is 6.02. The molecule has 4 rings (SSSR count). The Balaban J connectivity index is 0.000000950. The Morgan fingerprint density at radius 1 is 1.15 bits per heavy atom. The van der Waals surface area contributed by atoms with Crippen LogP contribution in [0.15, 0.2) is 84.7 Å². The first-order valence-electron chi connectivity index (χ1n) is 17.8. The van der Waals surface area contributed by atoms with Gasteiger partial charge < -0.3 is 25.7 Å². The maximum absolute atomic E-state index is 6.46. The van der Waals surface area contributed by atoms with Crippen LogP contribution in [0.4, 0.5) is 0 Å². The number of dihydropyridines is 1. The van der Waals surface area contributed by atoms with Gasteiger partial charge in [-0.2, -0.15) is 0 Å². The minimum atomic E-state index is 0.183. The number of nitrogens with zero attached hydrogens (tertiary/aromatic N) is 1. The number of ether oxygens (including phenoxy) is 1. The van der Waals surface area contributed by atoms with Gasteiger partial charge in [-0.05, 0) is 75.1 Å². The summed E-state index contributed by atoms with van der Waals surface area (Å²) in [6.07, 6.45) is 27.6. The molecular weight excluding hydrogens is 589 g/mol. The molecule has 48 heavy (non-hydrogen) atoms. The number of hydrogen-bond donors (Lipinski definition) is 3. The van der Waals surface area contributed by atoms with Crippen molar-refractivity contribution in [2.75, 3.05) is 13.1 Å². The van der Waals surface area contributed by atoms with Gasteiger partial charge in [-0.25, -0.2) is 0 Å². The van der Waals surface area contributed by atoms with E-state index in [0.29, 0.717) is 17.7 Å². The predicted molar refractivity (Wildman–Crippen MR) is 211 cm³/mol. The van der Waals surface area contributed by atoms with Gasteiger partial charge in [0.15, 0.2) is 0 Å². The Kier molecular flexibility index (Phi) is 25.9. The van der Waals surface area contributed by atoms with Crippen LogP contribution in [-0.2, 0) is 11.3 Å². The third-order valence-electron chi connectivity index (χ3n) is 7.91. The van der Waals surface area contributed by atoms with E-state index in [-0.39, 0.29) is 6.23 Å². The summed E-state index contributed by atoms with van der Waals surface area (Å²) < 4.78 is 8.89. The highest BCUT2D eigenvalue weighted by atomic mass is 16.5. The highest BCUT2D eigenvalue weighted by Crippen LogP contribution is 2.36. The summed E-state index contributed by atoms with van der Waals surface area (Å²) in [6.45, 7) is 23.4. The van der Waals surface area contributed by atoms with Crippen molar-refractivity contribution in [2.24, 2.45) is 5.73 Å². The molecule has 2 aliphatic heterocycles. The van der Waals surface area contributed by atoms with Crippen LogP contribution in [0.25, 0.3) is 5.70 Å². The van der Waals surface area contributed by atoms with Gasteiger partial charge in [0.05, 0.1) is 6.10 Å². The van der Waals surface area contributed by atoms with Crippen LogP contribution in [0.5, 0.6) is 0 Å². The number of nitrogens with one attached hydrogen (secondary N) is 2. The Morgan fingerprint density at radius 3 is 2.33 bits per heavy atom. The molecule has 2 aromatic rings. The average molecular weight is 655 g/mol.